The number of methoxy groups -OCH3 is 2. The number of hydrogen-bond acceptors (Lipinski definition) is 6. The quantitative estimate of drug-likeness (QED) is 0.653. The number of halogens is 1. The van der Waals surface area contributed by atoms with Gasteiger partial charge >= 0.3 is 6.01 Å². The van der Waals surface area contributed by atoms with E-state index in [1.807, 2.05) is 30.3 Å². The van der Waals surface area contributed by atoms with Crippen molar-refractivity contribution in [3.05, 3.63) is 52.5 Å². The zero-order valence-corrected chi connectivity index (χ0v) is 15.6. The van der Waals surface area contributed by atoms with Gasteiger partial charge in [0.15, 0.2) is 11.5 Å². The van der Waals surface area contributed by atoms with Crippen LogP contribution in [0.15, 0.2) is 40.8 Å². The molecule has 2 aromatic carbocycles. The van der Waals surface area contributed by atoms with E-state index in [2.05, 4.69) is 28.5 Å². The van der Waals surface area contributed by atoms with Crippen LogP contribution in [0.3, 0.4) is 0 Å². The molecule has 0 aliphatic rings. The van der Waals surface area contributed by atoms with E-state index in [9.17, 15) is 0 Å². The lowest BCUT2D eigenvalue weighted by Gasteiger charge is -2.10. The van der Waals surface area contributed by atoms with Crippen LogP contribution >= 0.6 is 11.6 Å². The van der Waals surface area contributed by atoms with Crippen molar-refractivity contribution in [2.45, 2.75) is 19.9 Å². The predicted octanol–water partition coefficient (Wildman–Crippen LogP) is 4.58. The molecule has 0 unspecified atom stereocenters. The van der Waals surface area contributed by atoms with Gasteiger partial charge in [0.2, 0.25) is 0 Å². The molecular formula is C19H20ClN3O3. The van der Waals surface area contributed by atoms with Crippen LogP contribution in [-0.4, -0.2) is 24.4 Å². The average molecular weight is 374 g/mol. The SMILES string of the molecule is CCc1cccc(Cl)c1CNc1nnc(-c2cccc(OC)c2OC)o1. The summed E-state index contributed by atoms with van der Waals surface area (Å²) in [6, 6.07) is 11.7. The third kappa shape index (κ3) is 3.60. The topological polar surface area (TPSA) is 69.4 Å². The maximum atomic E-state index is 6.31. The summed E-state index contributed by atoms with van der Waals surface area (Å²) >= 11 is 6.31. The fourth-order valence-corrected chi connectivity index (χ4v) is 3.02. The van der Waals surface area contributed by atoms with Crippen molar-refractivity contribution < 1.29 is 13.9 Å². The summed E-state index contributed by atoms with van der Waals surface area (Å²) < 4.78 is 16.5. The lowest BCUT2D eigenvalue weighted by atomic mass is 10.1. The van der Waals surface area contributed by atoms with Gasteiger partial charge in [0, 0.05) is 11.6 Å². The van der Waals surface area contributed by atoms with Crippen LogP contribution in [0.5, 0.6) is 11.5 Å². The van der Waals surface area contributed by atoms with Crippen LogP contribution in [0.2, 0.25) is 5.02 Å². The van der Waals surface area contributed by atoms with Crippen molar-refractivity contribution in [1.29, 1.82) is 0 Å². The van der Waals surface area contributed by atoms with E-state index in [1.165, 1.54) is 5.56 Å². The van der Waals surface area contributed by atoms with Gasteiger partial charge in [-0.1, -0.05) is 41.8 Å². The van der Waals surface area contributed by atoms with Crippen molar-refractivity contribution in [3.8, 4) is 23.0 Å². The molecule has 0 atom stereocenters. The molecule has 0 spiro atoms. The first-order chi connectivity index (χ1) is 12.7. The normalized spacial score (nSPS) is 10.6. The lowest BCUT2D eigenvalue weighted by Crippen LogP contribution is -2.03. The number of ether oxygens (including phenoxy) is 2. The van der Waals surface area contributed by atoms with E-state index in [4.69, 9.17) is 25.5 Å². The molecule has 1 heterocycles. The first-order valence-corrected chi connectivity index (χ1v) is 8.60. The lowest BCUT2D eigenvalue weighted by molar-refractivity contribution is 0.355. The van der Waals surface area contributed by atoms with E-state index in [0.29, 0.717) is 40.5 Å². The summed E-state index contributed by atoms with van der Waals surface area (Å²) in [5.74, 6) is 1.49. The largest absolute Gasteiger partial charge is 0.493 e. The van der Waals surface area contributed by atoms with Gasteiger partial charge < -0.3 is 19.2 Å². The fraction of sp³-hybridized carbons (Fsp3) is 0.263. The third-order valence-electron chi connectivity index (χ3n) is 4.07. The molecule has 3 rings (SSSR count). The Hall–Kier alpha value is -2.73. The highest BCUT2D eigenvalue weighted by Crippen LogP contribution is 2.37. The summed E-state index contributed by atoms with van der Waals surface area (Å²) in [6.45, 7) is 2.59. The molecule has 0 amide bonds. The highest BCUT2D eigenvalue weighted by Gasteiger charge is 2.17. The summed E-state index contributed by atoms with van der Waals surface area (Å²) in [5.41, 5.74) is 2.87. The Labute approximate surface area is 157 Å². The van der Waals surface area contributed by atoms with Crippen LogP contribution in [-0.2, 0) is 13.0 Å². The molecule has 6 nitrogen and oxygen atoms in total. The number of aryl methyl sites for hydroxylation is 1. The number of nitrogens with zero attached hydrogens (tertiary/aromatic N) is 2. The highest BCUT2D eigenvalue weighted by molar-refractivity contribution is 6.31. The number of benzene rings is 2. The second-order valence-electron chi connectivity index (χ2n) is 5.54. The van der Waals surface area contributed by atoms with Gasteiger partial charge in [0.25, 0.3) is 5.89 Å². The Bertz CT molecular complexity index is 895. The predicted molar refractivity (Wildman–Crippen MR) is 101 cm³/mol. The smallest absolute Gasteiger partial charge is 0.316 e. The Morgan fingerprint density at radius 1 is 1.08 bits per heavy atom. The molecule has 1 aromatic heterocycles. The molecule has 7 heteroatoms. The first-order valence-electron chi connectivity index (χ1n) is 8.22. The van der Waals surface area contributed by atoms with Crippen LogP contribution in [0.1, 0.15) is 18.1 Å². The maximum Gasteiger partial charge on any atom is 0.316 e. The van der Waals surface area contributed by atoms with Crippen molar-refractivity contribution in [2.75, 3.05) is 19.5 Å². The van der Waals surface area contributed by atoms with Gasteiger partial charge in [-0.25, -0.2) is 0 Å². The second kappa shape index (κ2) is 8.10. The van der Waals surface area contributed by atoms with Gasteiger partial charge in [-0.2, -0.15) is 0 Å². The molecule has 0 radical (unpaired) electrons. The molecule has 136 valence electrons. The molecule has 26 heavy (non-hydrogen) atoms. The monoisotopic (exact) mass is 373 g/mol. The van der Waals surface area contributed by atoms with Crippen LogP contribution in [0.4, 0.5) is 6.01 Å². The summed E-state index contributed by atoms with van der Waals surface area (Å²) in [4.78, 5) is 0. The van der Waals surface area contributed by atoms with Crippen LogP contribution in [0, 0.1) is 0 Å². The zero-order chi connectivity index (χ0) is 18.5. The van der Waals surface area contributed by atoms with E-state index >= 15 is 0 Å². The molecule has 0 saturated carbocycles. The minimum atomic E-state index is 0.312. The number of rotatable bonds is 7. The summed E-state index contributed by atoms with van der Waals surface area (Å²) in [6.07, 6.45) is 0.896. The Morgan fingerprint density at radius 3 is 2.62 bits per heavy atom. The van der Waals surface area contributed by atoms with Crippen LogP contribution in [0.25, 0.3) is 11.5 Å². The van der Waals surface area contributed by atoms with E-state index in [-0.39, 0.29) is 0 Å². The van der Waals surface area contributed by atoms with Crippen molar-refractivity contribution in [2.24, 2.45) is 0 Å². The van der Waals surface area contributed by atoms with E-state index in [1.54, 1.807) is 14.2 Å². The van der Waals surface area contributed by atoms with Crippen LogP contribution < -0.4 is 14.8 Å². The molecule has 0 fully saturated rings. The second-order valence-corrected chi connectivity index (χ2v) is 5.95. The van der Waals surface area contributed by atoms with Crippen molar-refractivity contribution >= 4 is 17.6 Å². The molecule has 0 aliphatic heterocycles. The zero-order valence-electron chi connectivity index (χ0n) is 14.9. The van der Waals surface area contributed by atoms with Gasteiger partial charge in [-0.05, 0) is 35.7 Å². The molecule has 0 saturated heterocycles. The average Bonchev–Trinajstić information content (AvgIpc) is 3.14. The van der Waals surface area contributed by atoms with Gasteiger partial charge in [-0.3, -0.25) is 0 Å². The fourth-order valence-electron chi connectivity index (χ4n) is 2.76. The molecule has 1 N–H and O–H groups in total. The summed E-state index contributed by atoms with van der Waals surface area (Å²) in [7, 11) is 3.15. The van der Waals surface area contributed by atoms with Crippen molar-refractivity contribution in [3.63, 3.8) is 0 Å². The Morgan fingerprint density at radius 2 is 1.88 bits per heavy atom. The summed E-state index contributed by atoms with van der Waals surface area (Å²) in [5, 5.41) is 12.0. The number of para-hydroxylation sites is 1. The van der Waals surface area contributed by atoms with E-state index < -0.39 is 0 Å². The molecule has 3 aromatic rings. The highest BCUT2D eigenvalue weighted by atomic mass is 35.5. The Kier molecular flexibility index (Phi) is 5.63. The number of hydrogen-bond donors (Lipinski definition) is 1. The molecule has 0 bridgehead atoms. The molecular weight excluding hydrogens is 354 g/mol. The molecule has 0 aliphatic carbocycles. The van der Waals surface area contributed by atoms with Gasteiger partial charge in [0.1, 0.15) is 0 Å². The minimum Gasteiger partial charge on any atom is -0.493 e. The van der Waals surface area contributed by atoms with Gasteiger partial charge in [0.05, 0.1) is 19.8 Å². The Balaban J connectivity index is 1.82. The first kappa shape index (κ1) is 18.1. The maximum absolute atomic E-state index is 6.31. The standard InChI is InChI=1S/C19H20ClN3O3/c1-4-12-7-5-9-15(20)14(12)11-21-19-23-22-18(26-19)13-8-6-10-16(24-2)17(13)25-3/h5-10H,4,11H2,1-3H3,(H,21,23). The number of anilines is 1. The van der Waals surface area contributed by atoms with Crippen molar-refractivity contribution in [1.82, 2.24) is 10.2 Å². The third-order valence-corrected chi connectivity index (χ3v) is 4.43. The van der Waals surface area contributed by atoms with Gasteiger partial charge in [-0.15, -0.1) is 5.10 Å². The number of nitrogens with one attached hydrogen (secondary N) is 1. The van der Waals surface area contributed by atoms with E-state index in [0.717, 1.165) is 12.0 Å². The minimum absolute atomic E-state index is 0.312. The number of aromatic nitrogens is 2.